The van der Waals surface area contributed by atoms with Crippen LogP contribution in [0.15, 0.2) is 0 Å². The standard InChI is InChI=1S/C15H27NO3S/c1-14(2,3)10-19-12(17)11-8-6-7-9-16(11)13(18)15(4,5)20/h11,20H,6-10H2,1-5H3. The Hall–Kier alpha value is -0.710. The Morgan fingerprint density at radius 3 is 2.30 bits per heavy atom. The molecule has 0 aromatic heterocycles. The van der Waals surface area contributed by atoms with E-state index in [1.165, 1.54) is 0 Å². The Balaban J connectivity index is 2.74. The van der Waals surface area contributed by atoms with Crippen LogP contribution in [0.5, 0.6) is 0 Å². The van der Waals surface area contributed by atoms with Crippen LogP contribution in [0.25, 0.3) is 0 Å². The summed E-state index contributed by atoms with van der Waals surface area (Å²) < 4.78 is 4.62. The second-order valence-electron chi connectivity index (χ2n) is 7.24. The number of esters is 1. The van der Waals surface area contributed by atoms with E-state index in [9.17, 15) is 9.59 Å². The summed E-state index contributed by atoms with van der Waals surface area (Å²) in [5, 5.41) is 0. The predicted molar refractivity (Wildman–Crippen MR) is 82.8 cm³/mol. The summed E-state index contributed by atoms with van der Waals surface area (Å²) in [6.45, 7) is 10.5. The van der Waals surface area contributed by atoms with Crippen molar-refractivity contribution in [3.05, 3.63) is 0 Å². The van der Waals surface area contributed by atoms with E-state index in [0.29, 0.717) is 19.6 Å². The Morgan fingerprint density at radius 1 is 1.20 bits per heavy atom. The fraction of sp³-hybridized carbons (Fsp3) is 0.867. The summed E-state index contributed by atoms with van der Waals surface area (Å²) in [5.41, 5.74) is -0.0675. The van der Waals surface area contributed by atoms with Gasteiger partial charge in [0.1, 0.15) is 6.04 Å². The maximum atomic E-state index is 12.4. The number of ether oxygens (including phenoxy) is 1. The van der Waals surface area contributed by atoms with E-state index in [4.69, 9.17) is 4.74 Å². The highest BCUT2D eigenvalue weighted by atomic mass is 32.1. The maximum absolute atomic E-state index is 12.4. The highest BCUT2D eigenvalue weighted by Crippen LogP contribution is 2.25. The average Bonchev–Trinajstić information content (AvgIpc) is 2.33. The Bertz CT molecular complexity index is 368. The van der Waals surface area contributed by atoms with Crippen molar-refractivity contribution in [2.75, 3.05) is 13.2 Å². The van der Waals surface area contributed by atoms with Crippen LogP contribution in [0, 0.1) is 5.41 Å². The highest BCUT2D eigenvalue weighted by Gasteiger charge is 2.38. The van der Waals surface area contributed by atoms with Gasteiger partial charge in [-0.25, -0.2) is 4.79 Å². The molecule has 0 aromatic rings. The van der Waals surface area contributed by atoms with Gasteiger partial charge in [0.05, 0.1) is 11.4 Å². The van der Waals surface area contributed by atoms with Crippen LogP contribution < -0.4 is 0 Å². The Kier molecular flexibility index (Phi) is 5.53. The van der Waals surface area contributed by atoms with Gasteiger partial charge >= 0.3 is 5.97 Å². The molecular weight excluding hydrogens is 274 g/mol. The lowest BCUT2D eigenvalue weighted by molar-refractivity contribution is -0.159. The minimum atomic E-state index is -0.764. The molecule has 1 aliphatic heterocycles. The number of likely N-dealkylation sites (tertiary alicyclic amines) is 1. The van der Waals surface area contributed by atoms with Gasteiger partial charge in [0.15, 0.2) is 0 Å². The molecule has 0 N–H and O–H groups in total. The summed E-state index contributed by atoms with van der Waals surface area (Å²) >= 11 is 4.32. The number of piperidine rings is 1. The van der Waals surface area contributed by atoms with E-state index in [1.54, 1.807) is 18.7 Å². The molecule has 0 bridgehead atoms. The van der Waals surface area contributed by atoms with Gasteiger partial charge in [0, 0.05) is 6.54 Å². The lowest BCUT2D eigenvalue weighted by atomic mass is 9.98. The van der Waals surface area contributed by atoms with Gasteiger partial charge in [-0.3, -0.25) is 4.79 Å². The van der Waals surface area contributed by atoms with Crippen molar-refractivity contribution in [3.8, 4) is 0 Å². The van der Waals surface area contributed by atoms with E-state index >= 15 is 0 Å². The van der Waals surface area contributed by atoms with E-state index < -0.39 is 10.8 Å². The van der Waals surface area contributed by atoms with E-state index in [-0.39, 0.29) is 17.3 Å². The van der Waals surface area contributed by atoms with Gasteiger partial charge < -0.3 is 9.64 Å². The van der Waals surface area contributed by atoms with Crippen LogP contribution in [0.4, 0.5) is 0 Å². The number of hydrogen-bond acceptors (Lipinski definition) is 4. The SMILES string of the molecule is CC(C)(C)COC(=O)C1CCCCN1C(=O)C(C)(C)S. The average molecular weight is 301 g/mol. The molecule has 0 radical (unpaired) electrons. The third-order valence-electron chi connectivity index (χ3n) is 3.21. The fourth-order valence-corrected chi connectivity index (χ4v) is 2.28. The molecule has 1 rings (SSSR count). The summed E-state index contributed by atoms with van der Waals surface area (Å²) in [7, 11) is 0. The first-order valence-electron chi connectivity index (χ1n) is 7.22. The highest BCUT2D eigenvalue weighted by molar-refractivity contribution is 7.82. The molecule has 20 heavy (non-hydrogen) atoms. The van der Waals surface area contributed by atoms with Crippen LogP contribution in [0.2, 0.25) is 0 Å². The van der Waals surface area contributed by atoms with Crippen molar-refractivity contribution in [1.29, 1.82) is 0 Å². The van der Waals surface area contributed by atoms with Crippen LogP contribution in [-0.2, 0) is 14.3 Å². The molecule has 0 aliphatic carbocycles. The number of hydrogen-bond donors (Lipinski definition) is 1. The first-order chi connectivity index (χ1) is 9.02. The van der Waals surface area contributed by atoms with Gasteiger partial charge in [-0.05, 0) is 38.5 Å². The van der Waals surface area contributed by atoms with Gasteiger partial charge in [-0.2, -0.15) is 12.6 Å². The van der Waals surface area contributed by atoms with E-state index in [2.05, 4.69) is 12.6 Å². The molecule has 5 heteroatoms. The molecule has 0 aromatic carbocycles. The van der Waals surface area contributed by atoms with E-state index in [0.717, 1.165) is 12.8 Å². The molecule has 0 spiro atoms. The quantitative estimate of drug-likeness (QED) is 0.644. The van der Waals surface area contributed by atoms with Crippen LogP contribution in [0.1, 0.15) is 53.9 Å². The third-order valence-corrected chi connectivity index (χ3v) is 3.40. The van der Waals surface area contributed by atoms with Gasteiger partial charge in [0.25, 0.3) is 0 Å². The first kappa shape index (κ1) is 17.3. The molecule has 4 nitrogen and oxygen atoms in total. The van der Waals surface area contributed by atoms with Crippen molar-refractivity contribution in [3.63, 3.8) is 0 Å². The smallest absolute Gasteiger partial charge is 0.328 e. The molecule has 1 fully saturated rings. The lowest BCUT2D eigenvalue weighted by Crippen LogP contribution is -2.53. The number of carbonyl (C=O) groups excluding carboxylic acids is 2. The van der Waals surface area contributed by atoms with Crippen molar-refractivity contribution < 1.29 is 14.3 Å². The molecule has 116 valence electrons. The van der Waals surface area contributed by atoms with Crippen molar-refractivity contribution in [2.45, 2.75) is 64.7 Å². The topological polar surface area (TPSA) is 46.6 Å². The van der Waals surface area contributed by atoms with Crippen molar-refractivity contribution >= 4 is 24.5 Å². The second kappa shape index (κ2) is 6.37. The van der Waals surface area contributed by atoms with Crippen LogP contribution in [0.3, 0.4) is 0 Å². The predicted octanol–water partition coefficient (Wildman–Crippen LogP) is 2.67. The Morgan fingerprint density at radius 2 is 1.80 bits per heavy atom. The minimum Gasteiger partial charge on any atom is -0.464 e. The monoisotopic (exact) mass is 301 g/mol. The summed E-state index contributed by atoms with van der Waals surface area (Å²) in [6.07, 6.45) is 2.56. The molecule has 1 heterocycles. The van der Waals surface area contributed by atoms with Crippen LogP contribution >= 0.6 is 12.6 Å². The van der Waals surface area contributed by atoms with Crippen LogP contribution in [-0.4, -0.2) is 40.7 Å². The molecule has 0 saturated carbocycles. The summed E-state index contributed by atoms with van der Waals surface area (Å²) in [4.78, 5) is 26.3. The van der Waals surface area contributed by atoms with Gasteiger partial charge in [-0.1, -0.05) is 20.8 Å². The maximum Gasteiger partial charge on any atom is 0.328 e. The largest absolute Gasteiger partial charge is 0.464 e. The van der Waals surface area contributed by atoms with Gasteiger partial charge in [-0.15, -0.1) is 0 Å². The first-order valence-corrected chi connectivity index (χ1v) is 7.67. The number of thiol groups is 1. The third kappa shape index (κ3) is 5.00. The normalized spacial score (nSPS) is 20.7. The molecule has 1 atom stereocenters. The number of nitrogens with zero attached hydrogens (tertiary/aromatic N) is 1. The number of rotatable bonds is 3. The number of carbonyl (C=O) groups is 2. The Labute approximate surface area is 127 Å². The minimum absolute atomic E-state index is 0.0675. The van der Waals surface area contributed by atoms with Crippen molar-refractivity contribution in [1.82, 2.24) is 4.90 Å². The second-order valence-corrected chi connectivity index (χ2v) is 8.36. The zero-order valence-electron chi connectivity index (χ0n) is 13.2. The molecule has 1 saturated heterocycles. The molecular formula is C15H27NO3S. The molecule has 1 aliphatic rings. The molecule has 1 amide bonds. The van der Waals surface area contributed by atoms with E-state index in [1.807, 2.05) is 20.8 Å². The molecule has 1 unspecified atom stereocenters. The zero-order valence-corrected chi connectivity index (χ0v) is 14.1. The number of amides is 1. The summed E-state index contributed by atoms with van der Waals surface area (Å²) in [5.74, 6) is -0.385. The van der Waals surface area contributed by atoms with Crippen molar-refractivity contribution in [2.24, 2.45) is 5.41 Å². The summed E-state index contributed by atoms with van der Waals surface area (Å²) in [6, 6.07) is -0.454. The fourth-order valence-electron chi connectivity index (χ4n) is 2.15. The zero-order chi connectivity index (χ0) is 15.6. The van der Waals surface area contributed by atoms with Gasteiger partial charge in [0.2, 0.25) is 5.91 Å². The lowest BCUT2D eigenvalue weighted by Gasteiger charge is -2.37.